The molecule has 1 N–H and O–H groups in total. The zero-order chi connectivity index (χ0) is 23.8. The van der Waals surface area contributed by atoms with Crippen LogP contribution in [0.1, 0.15) is 49.9 Å². The highest BCUT2D eigenvalue weighted by molar-refractivity contribution is 5.94. The molecule has 0 aliphatic heterocycles. The molecule has 2 aromatic carbocycles. The highest BCUT2D eigenvalue weighted by Crippen LogP contribution is 2.21. The second-order valence-corrected chi connectivity index (χ2v) is 8.03. The molecule has 0 saturated heterocycles. The number of hydrogen-bond acceptors (Lipinski definition) is 5. The largest absolute Gasteiger partial charge is 0.456 e. The second-order valence-electron chi connectivity index (χ2n) is 8.03. The lowest BCUT2D eigenvalue weighted by Gasteiger charge is -2.13. The van der Waals surface area contributed by atoms with Crippen molar-refractivity contribution in [3.63, 3.8) is 0 Å². The van der Waals surface area contributed by atoms with Crippen LogP contribution in [0.25, 0.3) is 11.0 Å². The van der Waals surface area contributed by atoms with E-state index in [2.05, 4.69) is 17.2 Å². The van der Waals surface area contributed by atoms with Gasteiger partial charge in [0.25, 0.3) is 11.5 Å². The predicted molar refractivity (Wildman–Crippen MR) is 129 cm³/mol. The highest BCUT2D eigenvalue weighted by atomic mass is 16.5. The van der Waals surface area contributed by atoms with E-state index in [4.69, 9.17) is 4.74 Å². The highest BCUT2D eigenvalue weighted by Gasteiger charge is 2.15. The van der Waals surface area contributed by atoms with Gasteiger partial charge >= 0.3 is 5.97 Å². The van der Waals surface area contributed by atoms with Crippen LogP contribution in [-0.2, 0) is 33.7 Å². The van der Waals surface area contributed by atoms with Crippen LogP contribution in [0, 0.1) is 6.92 Å². The van der Waals surface area contributed by atoms with Gasteiger partial charge in [-0.25, -0.2) is 4.98 Å². The number of hydrogen-bond donors (Lipinski definition) is 1. The van der Waals surface area contributed by atoms with Gasteiger partial charge in [-0.3, -0.25) is 14.4 Å². The molecule has 1 aromatic heterocycles. The van der Waals surface area contributed by atoms with Gasteiger partial charge < -0.3 is 14.6 Å². The Labute approximate surface area is 193 Å². The first kappa shape index (κ1) is 24.2. The molecule has 1 amide bonds. The third-order valence-corrected chi connectivity index (χ3v) is 5.59. The fourth-order valence-electron chi connectivity index (χ4n) is 3.76. The molecule has 174 valence electrons. The molecule has 0 atom stereocenters. The van der Waals surface area contributed by atoms with Crippen molar-refractivity contribution in [1.82, 2.24) is 9.55 Å². The minimum absolute atomic E-state index is 0.0216. The van der Waals surface area contributed by atoms with Gasteiger partial charge in [0, 0.05) is 18.7 Å². The first-order valence-electron chi connectivity index (χ1n) is 11.5. The molecule has 0 spiro atoms. The topological polar surface area (TPSA) is 90.3 Å². The Morgan fingerprint density at radius 2 is 1.88 bits per heavy atom. The van der Waals surface area contributed by atoms with Crippen molar-refractivity contribution >= 4 is 28.6 Å². The number of carbonyl (C=O) groups is 2. The van der Waals surface area contributed by atoms with E-state index in [-0.39, 0.29) is 25.0 Å². The van der Waals surface area contributed by atoms with Crippen molar-refractivity contribution in [2.45, 2.75) is 59.4 Å². The Hall–Kier alpha value is -3.48. The molecule has 3 rings (SSSR count). The number of unbranched alkanes of at least 4 members (excludes halogenated alkanes) is 1. The summed E-state index contributed by atoms with van der Waals surface area (Å²) in [5.74, 6) is -0.932. The summed E-state index contributed by atoms with van der Waals surface area (Å²) in [4.78, 5) is 42.0. The number of aromatic nitrogens is 2. The van der Waals surface area contributed by atoms with E-state index in [0.717, 1.165) is 47.1 Å². The van der Waals surface area contributed by atoms with Crippen molar-refractivity contribution in [1.29, 1.82) is 0 Å². The van der Waals surface area contributed by atoms with Crippen LogP contribution in [0.2, 0.25) is 0 Å². The summed E-state index contributed by atoms with van der Waals surface area (Å²) >= 11 is 0. The van der Waals surface area contributed by atoms with Gasteiger partial charge in [0.1, 0.15) is 5.69 Å². The van der Waals surface area contributed by atoms with Gasteiger partial charge in [0.2, 0.25) is 0 Å². The van der Waals surface area contributed by atoms with E-state index in [0.29, 0.717) is 12.2 Å². The van der Waals surface area contributed by atoms with Crippen molar-refractivity contribution in [3.05, 3.63) is 69.6 Å². The van der Waals surface area contributed by atoms with E-state index in [1.807, 2.05) is 56.3 Å². The number of nitrogens with one attached hydrogen (secondary N) is 1. The molecule has 3 aromatic rings. The SMILES string of the molecule is CCCCn1c(=O)c(CCC(=O)OCC(=O)Nc2c(C)cccc2CC)nc2ccccc21. The summed E-state index contributed by atoms with van der Waals surface area (Å²) in [6.07, 6.45) is 2.77. The van der Waals surface area contributed by atoms with Gasteiger partial charge in [0.15, 0.2) is 6.61 Å². The Morgan fingerprint density at radius 3 is 2.64 bits per heavy atom. The maximum Gasteiger partial charge on any atom is 0.306 e. The smallest absolute Gasteiger partial charge is 0.306 e. The predicted octanol–water partition coefficient (Wildman–Crippen LogP) is 4.18. The zero-order valence-corrected chi connectivity index (χ0v) is 19.5. The van der Waals surface area contributed by atoms with Crippen molar-refractivity contribution in [2.24, 2.45) is 0 Å². The monoisotopic (exact) mass is 449 g/mol. The van der Waals surface area contributed by atoms with Crippen molar-refractivity contribution < 1.29 is 14.3 Å². The lowest BCUT2D eigenvalue weighted by atomic mass is 10.1. The molecule has 0 radical (unpaired) electrons. The molecule has 0 unspecified atom stereocenters. The van der Waals surface area contributed by atoms with Gasteiger partial charge in [-0.2, -0.15) is 0 Å². The Morgan fingerprint density at radius 1 is 1.09 bits per heavy atom. The number of nitrogens with zero attached hydrogens (tertiary/aromatic N) is 2. The van der Waals surface area contributed by atoms with Crippen LogP contribution in [0.5, 0.6) is 0 Å². The summed E-state index contributed by atoms with van der Waals surface area (Å²) in [6.45, 7) is 6.24. The van der Waals surface area contributed by atoms with Crippen LogP contribution in [0.3, 0.4) is 0 Å². The van der Waals surface area contributed by atoms with Crippen LogP contribution in [0.4, 0.5) is 5.69 Å². The second kappa shape index (κ2) is 11.4. The van der Waals surface area contributed by atoms with E-state index in [9.17, 15) is 14.4 Å². The molecule has 0 fully saturated rings. The van der Waals surface area contributed by atoms with Gasteiger partial charge in [-0.15, -0.1) is 0 Å². The fourth-order valence-corrected chi connectivity index (χ4v) is 3.76. The average molecular weight is 450 g/mol. The average Bonchev–Trinajstić information content (AvgIpc) is 2.82. The molecule has 7 heteroatoms. The number of fused-ring (bicyclic) bond motifs is 1. The number of ether oxygens (including phenoxy) is 1. The molecule has 0 aliphatic carbocycles. The number of para-hydroxylation sites is 3. The van der Waals surface area contributed by atoms with Crippen LogP contribution in [0.15, 0.2) is 47.3 Å². The fraction of sp³-hybridized carbons (Fsp3) is 0.385. The number of amides is 1. The van der Waals surface area contributed by atoms with Crippen LogP contribution < -0.4 is 10.9 Å². The summed E-state index contributed by atoms with van der Waals surface area (Å²) in [5, 5.41) is 2.83. The molecule has 7 nitrogen and oxygen atoms in total. The molecule has 1 heterocycles. The molecule has 33 heavy (non-hydrogen) atoms. The number of aryl methyl sites for hydroxylation is 4. The van der Waals surface area contributed by atoms with Gasteiger partial charge in [-0.1, -0.05) is 50.6 Å². The number of carbonyl (C=O) groups excluding carboxylic acids is 2. The van der Waals surface area contributed by atoms with Crippen molar-refractivity contribution in [3.8, 4) is 0 Å². The number of esters is 1. The number of anilines is 1. The van der Waals surface area contributed by atoms with Gasteiger partial charge in [-0.05, 0) is 43.0 Å². The lowest BCUT2D eigenvalue weighted by molar-refractivity contribution is -0.147. The normalized spacial score (nSPS) is 10.9. The summed E-state index contributed by atoms with van der Waals surface area (Å²) < 4.78 is 6.88. The maximum atomic E-state index is 12.9. The first-order valence-corrected chi connectivity index (χ1v) is 11.5. The summed E-state index contributed by atoms with van der Waals surface area (Å²) in [5.41, 5.74) is 4.40. The molecular weight excluding hydrogens is 418 g/mol. The van der Waals surface area contributed by atoms with E-state index < -0.39 is 11.9 Å². The van der Waals surface area contributed by atoms with Gasteiger partial charge in [0.05, 0.1) is 17.5 Å². The molecular formula is C26H31N3O4. The Balaban J connectivity index is 1.61. The van der Waals surface area contributed by atoms with E-state index >= 15 is 0 Å². The lowest BCUT2D eigenvalue weighted by Crippen LogP contribution is -2.27. The van der Waals surface area contributed by atoms with Crippen molar-refractivity contribution in [2.75, 3.05) is 11.9 Å². The quantitative estimate of drug-likeness (QED) is 0.469. The third kappa shape index (κ3) is 6.06. The van der Waals surface area contributed by atoms with Crippen LogP contribution >= 0.6 is 0 Å². The number of benzene rings is 2. The summed E-state index contributed by atoms with van der Waals surface area (Å²) in [7, 11) is 0. The maximum absolute atomic E-state index is 12.9. The summed E-state index contributed by atoms with van der Waals surface area (Å²) in [6, 6.07) is 13.3. The molecule has 0 saturated carbocycles. The minimum Gasteiger partial charge on any atom is -0.456 e. The van der Waals surface area contributed by atoms with Crippen LogP contribution in [-0.4, -0.2) is 28.0 Å². The zero-order valence-electron chi connectivity index (χ0n) is 19.5. The Bertz CT molecular complexity index is 1200. The first-order chi connectivity index (χ1) is 15.9. The number of rotatable bonds is 10. The minimum atomic E-state index is -0.542. The standard InChI is InChI=1S/C26H31N3O4/c1-4-6-16-29-22-13-8-7-12-20(22)27-21(26(29)32)14-15-24(31)33-17-23(30)28-25-18(3)10-9-11-19(25)5-2/h7-13H,4-6,14-17H2,1-3H3,(H,28,30). The molecule has 0 aliphatic rings. The van der Waals surface area contributed by atoms with E-state index in [1.165, 1.54) is 0 Å². The third-order valence-electron chi connectivity index (χ3n) is 5.59. The Kier molecular flexibility index (Phi) is 8.35. The van der Waals surface area contributed by atoms with E-state index in [1.54, 1.807) is 4.57 Å². The molecule has 0 bridgehead atoms.